The van der Waals surface area contributed by atoms with Crippen LogP contribution in [-0.2, 0) is 4.74 Å². The van der Waals surface area contributed by atoms with Crippen LogP contribution in [-0.4, -0.2) is 30.0 Å². The molecule has 0 bridgehead atoms. The van der Waals surface area contributed by atoms with E-state index >= 15 is 0 Å². The van der Waals surface area contributed by atoms with Gasteiger partial charge in [0.25, 0.3) is 0 Å². The van der Waals surface area contributed by atoms with Crippen LogP contribution >= 0.6 is 11.6 Å². The van der Waals surface area contributed by atoms with Crippen LogP contribution in [0.15, 0.2) is 36.9 Å². The zero-order valence-corrected chi connectivity index (χ0v) is 10.7. The van der Waals surface area contributed by atoms with Gasteiger partial charge in [-0.15, -0.1) is 16.8 Å². The van der Waals surface area contributed by atoms with Crippen molar-refractivity contribution in [2.24, 2.45) is 0 Å². The highest BCUT2D eigenvalue weighted by Crippen LogP contribution is 2.25. The van der Waals surface area contributed by atoms with Crippen LogP contribution in [0.1, 0.15) is 0 Å². The lowest BCUT2D eigenvalue weighted by Crippen LogP contribution is -2.11. The van der Waals surface area contributed by atoms with Crippen LogP contribution in [0.3, 0.4) is 0 Å². The van der Waals surface area contributed by atoms with Gasteiger partial charge in [-0.3, -0.25) is 0 Å². The zero-order chi connectivity index (χ0) is 12.8. The van der Waals surface area contributed by atoms with Gasteiger partial charge in [-0.05, 0) is 0 Å². The molecule has 0 unspecified atom stereocenters. The minimum atomic E-state index is 0.416. The second-order valence-corrected chi connectivity index (χ2v) is 4.03. The summed E-state index contributed by atoms with van der Waals surface area (Å²) in [6.45, 7) is 5.38. The normalized spacial score (nSPS) is 10.5. The van der Waals surface area contributed by atoms with Crippen molar-refractivity contribution in [3.8, 4) is 0 Å². The Bertz CT molecular complexity index is 545. The molecule has 0 radical (unpaired) electrons. The SMILES string of the molecule is C=CCOCCNc1nnc(Cl)c2ccccc12. The molecule has 1 N–H and O–H groups in total. The average molecular weight is 264 g/mol. The molecule has 4 nitrogen and oxygen atoms in total. The number of nitrogens with one attached hydrogen (secondary N) is 1. The highest BCUT2D eigenvalue weighted by Gasteiger charge is 2.06. The molecule has 94 valence electrons. The highest BCUT2D eigenvalue weighted by molar-refractivity contribution is 6.34. The highest BCUT2D eigenvalue weighted by atomic mass is 35.5. The fourth-order valence-corrected chi connectivity index (χ4v) is 1.81. The first-order valence-corrected chi connectivity index (χ1v) is 6.04. The van der Waals surface area contributed by atoms with Crippen molar-refractivity contribution in [2.75, 3.05) is 25.1 Å². The Hall–Kier alpha value is -1.65. The van der Waals surface area contributed by atoms with Crippen LogP contribution in [0.2, 0.25) is 5.15 Å². The first kappa shape index (κ1) is 12.8. The number of hydrogen-bond donors (Lipinski definition) is 1. The van der Waals surface area contributed by atoms with Gasteiger partial charge < -0.3 is 10.1 Å². The number of nitrogens with zero attached hydrogens (tertiary/aromatic N) is 2. The summed E-state index contributed by atoms with van der Waals surface area (Å²) in [5.41, 5.74) is 0. The first-order valence-electron chi connectivity index (χ1n) is 5.66. The number of benzene rings is 1. The molecule has 0 aliphatic carbocycles. The largest absolute Gasteiger partial charge is 0.376 e. The number of aromatic nitrogens is 2. The molecule has 0 spiro atoms. The smallest absolute Gasteiger partial charge is 0.159 e. The van der Waals surface area contributed by atoms with Crippen molar-refractivity contribution in [1.82, 2.24) is 10.2 Å². The van der Waals surface area contributed by atoms with Crippen LogP contribution < -0.4 is 5.32 Å². The van der Waals surface area contributed by atoms with Crippen LogP contribution in [0.25, 0.3) is 10.8 Å². The molecular weight excluding hydrogens is 250 g/mol. The van der Waals surface area contributed by atoms with Gasteiger partial charge in [0.15, 0.2) is 11.0 Å². The van der Waals surface area contributed by atoms with Gasteiger partial charge in [0, 0.05) is 17.3 Å². The topological polar surface area (TPSA) is 47.0 Å². The summed E-state index contributed by atoms with van der Waals surface area (Å²) in [7, 11) is 0. The van der Waals surface area contributed by atoms with Crippen molar-refractivity contribution in [2.45, 2.75) is 0 Å². The van der Waals surface area contributed by atoms with Crippen molar-refractivity contribution in [1.29, 1.82) is 0 Å². The Morgan fingerprint density at radius 2 is 2.06 bits per heavy atom. The summed E-state index contributed by atoms with van der Waals surface area (Å²) in [6, 6.07) is 7.75. The van der Waals surface area contributed by atoms with Gasteiger partial charge in [-0.1, -0.05) is 41.9 Å². The van der Waals surface area contributed by atoms with Gasteiger partial charge in [0.2, 0.25) is 0 Å². The van der Waals surface area contributed by atoms with E-state index in [-0.39, 0.29) is 0 Å². The maximum absolute atomic E-state index is 5.99. The molecule has 0 fully saturated rings. The maximum atomic E-state index is 5.99. The fourth-order valence-electron chi connectivity index (χ4n) is 1.61. The van der Waals surface area contributed by atoms with Crippen LogP contribution in [0.4, 0.5) is 5.82 Å². The molecule has 1 aromatic carbocycles. The Morgan fingerprint density at radius 3 is 2.83 bits per heavy atom. The molecule has 18 heavy (non-hydrogen) atoms. The summed E-state index contributed by atoms with van der Waals surface area (Å²) in [4.78, 5) is 0. The van der Waals surface area contributed by atoms with E-state index in [1.54, 1.807) is 6.08 Å². The van der Waals surface area contributed by atoms with Crippen LogP contribution in [0, 0.1) is 0 Å². The standard InChI is InChI=1S/C13H14ClN3O/c1-2-8-18-9-7-15-13-11-6-4-3-5-10(11)12(14)16-17-13/h2-6H,1,7-9H2,(H,15,17). The average Bonchev–Trinajstić information content (AvgIpc) is 2.41. The fraction of sp³-hybridized carbons (Fsp3) is 0.231. The molecule has 0 saturated heterocycles. The van der Waals surface area contributed by atoms with Crippen molar-refractivity contribution in [3.63, 3.8) is 0 Å². The third kappa shape index (κ3) is 2.97. The summed E-state index contributed by atoms with van der Waals surface area (Å²) >= 11 is 5.99. The van der Waals surface area contributed by atoms with E-state index in [0.717, 1.165) is 16.6 Å². The molecule has 0 aliphatic heterocycles. The van der Waals surface area contributed by atoms with Crippen molar-refractivity contribution in [3.05, 3.63) is 42.1 Å². The maximum Gasteiger partial charge on any atom is 0.159 e. The quantitative estimate of drug-likeness (QED) is 0.643. The summed E-state index contributed by atoms with van der Waals surface area (Å²) in [5.74, 6) is 0.720. The van der Waals surface area contributed by atoms with E-state index < -0.39 is 0 Å². The minimum Gasteiger partial charge on any atom is -0.376 e. The van der Waals surface area contributed by atoms with Crippen LogP contribution in [0.5, 0.6) is 0 Å². The van der Waals surface area contributed by atoms with Gasteiger partial charge in [0.1, 0.15) is 0 Å². The monoisotopic (exact) mass is 263 g/mol. The lowest BCUT2D eigenvalue weighted by atomic mass is 10.2. The molecule has 1 aromatic heterocycles. The molecule has 2 aromatic rings. The Morgan fingerprint density at radius 1 is 1.28 bits per heavy atom. The summed E-state index contributed by atoms with van der Waals surface area (Å²) in [5, 5.41) is 13.4. The van der Waals surface area contributed by atoms with E-state index in [1.807, 2.05) is 24.3 Å². The Balaban J connectivity index is 2.09. The second kappa shape index (κ2) is 6.33. The Kier molecular flexibility index (Phi) is 4.50. The third-order valence-electron chi connectivity index (χ3n) is 2.42. The molecule has 5 heteroatoms. The van der Waals surface area contributed by atoms with E-state index in [9.17, 15) is 0 Å². The number of anilines is 1. The first-order chi connectivity index (χ1) is 8.83. The number of rotatable bonds is 6. The van der Waals surface area contributed by atoms with E-state index in [0.29, 0.717) is 24.9 Å². The number of hydrogen-bond acceptors (Lipinski definition) is 4. The molecule has 0 saturated carbocycles. The molecule has 0 aliphatic rings. The van der Waals surface area contributed by atoms with Gasteiger partial charge in [-0.2, -0.15) is 0 Å². The Labute approximate surface area is 111 Å². The van der Waals surface area contributed by atoms with Crippen molar-refractivity contribution < 1.29 is 4.74 Å². The molecule has 0 amide bonds. The number of fused-ring (bicyclic) bond motifs is 1. The second-order valence-electron chi connectivity index (χ2n) is 3.68. The number of ether oxygens (including phenoxy) is 1. The van der Waals surface area contributed by atoms with Gasteiger partial charge >= 0.3 is 0 Å². The molecular formula is C13H14ClN3O. The summed E-state index contributed by atoms with van der Waals surface area (Å²) < 4.78 is 5.29. The van der Waals surface area contributed by atoms with E-state index in [2.05, 4.69) is 22.1 Å². The third-order valence-corrected chi connectivity index (χ3v) is 2.70. The molecule has 0 atom stereocenters. The van der Waals surface area contributed by atoms with E-state index in [1.165, 1.54) is 0 Å². The van der Waals surface area contributed by atoms with Gasteiger partial charge in [-0.25, -0.2) is 0 Å². The zero-order valence-electron chi connectivity index (χ0n) is 9.90. The number of halogens is 1. The minimum absolute atomic E-state index is 0.416. The lowest BCUT2D eigenvalue weighted by Gasteiger charge is -2.08. The van der Waals surface area contributed by atoms with Gasteiger partial charge in [0.05, 0.1) is 13.2 Å². The van der Waals surface area contributed by atoms with Crippen molar-refractivity contribution >= 4 is 28.2 Å². The predicted octanol–water partition coefficient (Wildman–Crippen LogP) is 2.90. The van der Waals surface area contributed by atoms with E-state index in [4.69, 9.17) is 16.3 Å². The predicted molar refractivity (Wildman–Crippen MR) is 74.1 cm³/mol. The summed E-state index contributed by atoms with van der Waals surface area (Å²) in [6.07, 6.45) is 1.72. The lowest BCUT2D eigenvalue weighted by molar-refractivity contribution is 0.173. The molecule has 2 rings (SSSR count). The molecule has 1 heterocycles.